The zero-order valence-corrected chi connectivity index (χ0v) is 16.8. The number of nitrogens with zero attached hydrogens (tertiary/aromatic N) is 1. The van der Waals surface area contributed by atoms with Crippen LogP contribution in [0, 0.1) is 6.92 Å². The van der Waals surface area contributed by atoms with Gasteiger partial charge in [-0.15, -0.1) is 6.58 Å². The molecule has 1 amide bonds. The summed E-state index contributed by atoms with van der Waals surface area (Å²) in [5, 5.41) is 13.5. The van der Waals surface area contributed by atoms with Crippen molar-refractivity contribution in [1.29, 1.82) is 0 Å². The Labute approximate surface area is 166 Å². The van der Waals surface area contributed by atoms with E-state index in [1.54, 1.807) is 12.1 Å². The van der Waals surface area contributed by atoms with E-state index in [1.165, 1.54) is 5.56 Å². The van der Waals surface area contributed by atoms with Gasteiger partial charge >= 0.3 is 0 Å². The van der Waals surface area contributed by atoms with Crippen molar-refractivity contribution >= 4 is 16.8 Å². The van der Waals surface area contributed by atoms with E-state index < -0.39 is 0 Å². The van der Waals surface area contributed by atoms with Gasteiger partial charge in [-0.2, -0.15) is 0 Å². The molecule has 0 unspecified atom stereocenters. The number of phenols is 1. The van der Waals surface area contributed by atoms with Gasteiger partial charge in [0.25, 0.3) is 5.91 Å². The fourth-order valence-corrected chi connectivity index (χ4v) is 3.58. The first-order valence-electron chi connectivity index (χ1n) is 9.72. The Kier molecular flexibility index (Phi) is 5.88. The summed E-state index contributed by atoms with van der Waals surface area (Å²) in [7, 11) is 0. The molecule has 0 aliphatic carbocycles. The number of carbonyl (C=O) groups excluding carboxylic acids is 1. The second-order valence-corrected chi connectivity index (χ2v) is 7.48. The Morgan fingerprint density at radius 3 is 2.57 bits per heavy atom. The zero-order chi connectivity index (χ0) is 20.3. The van der Waals surface area contributed by atoms with Gasteiger partial charge in [-0.25, -0.2) is 0 Å². The van der Waals surface area contributed by atoms with Crippen LogP contribution in [0.5, 0.6) is 5.75 Å². The normalized spacial score (nSPS) is 11.1. The number of aromatic nitrogens is 1. The van der Waals surface area contributed by atoms with Gasteiger partial charge in [0.1, 0.15) is 11.4 Å². The quantitative estimate of drug-likeness (QED) is 0.574. The molecule has 0 aliphatic rings. The van der Waals surface area contributed by atoms with Crippen LogP contribution in [0.2, 0.25) is 0 Å². The van der Waals surface area contributed by atoms with Crippen LogP contribution >= 0.6 is 0 Å². The molecule has 4 heteroatoms. The summed E-state index contributed by atoms with van der Waals surface area (Å²) in [6.07, 6.45) is 2.53. The van der Waals surface area contributed by atoms with Gasteiger partial charge in [-0.1, -0.05) is 38.1 Å². The van der Waals surface area contributed by atoms with Gasteiger partial charge in [0.05, 0.1) is 0 Å². The highest BCUT2D eigenvalue weighted by Crippen LogP contribution is 2.29. The van der Waals surface area contributed by atoms with Crippen molar-refractivity contribution < 1.29 is 9.90 Å². The molecule has 0 atom stereocenters. The third kappa shape index (κ3) is 3.96. The highest BCUT2D eigenvalue weighted by molar-refractivity contribution is 6.01. The summed E-state index contributed by atoms with van der Waals surface area (Å²) in [5.41, 5.74) is 5.10. The molecular formula is C24H28N2O2. The molecule has 0 aliphatic heterocycles. The largest absolute Gasteiger partial charge is 0.508 e. The highest BCUT2D eigenvalue weighted by Gasteiger charge is 2.20. The average molecular weight is 377 g/mol. The molecule has 0 saturated heterocycles. The number of hydrogen-bond donors (Lipinski definition) is 2. The number of amides is 1. The fourth-order valence-electron chi connectivity index (χ4n) is 3.58. The Bertz CT molecular complexity index is 998. The van der Waals surface area contributed by atoms with Crippen molar-refractivity contribution in [2.24, 2.45) is 0 Å². The maximum absolute atomic E-state index is 13.0. The van der Waals surface area contributed by atoms with E-state index >= 15 is 0 Å². The van der Waals surface area contributed by atoms with Crippen LogP contribution < -0.4 is 5.32 Å². The van der Waals surface area contributed by atoms with Crippen LogP contribution in [0.15, 0.2) is 55.1 Å². The molecule has 3 rings (SSSR count). The third-order valence-corrected chi connectivity index (χ3v) is 5.17. The molecule has 0 bridgehead atoms. The van der Waals surface area contributed by atoms with Crippen LogP contribution in [0.25, 0.3) is 10.9 Å². The summed E-state index contributed by atoms with van der Waals surface area (Å²) in [6, 6.07) is 13.5. The molecule has 2 N–H and O–H groups in total. The maximum atomic E-state index is 13.0. The number of aryl methyl sites for hydroxylation is 1. The Hall–Kier alpha value is -3.01. The van der Waals surface area contributed by atoms with Gasteiger partial charge in [0, 0.05) is 24.0 Å². The Morgan fingerprint density at radius 1 is 1.21 bits per heavy atom. The molecule has 3 aromatic rings. The minimum atomic E-state index is -0.0691. The first-order valence-corrected chi connectivity index (χ1v) is 9.72. The van der Waals surface area contributed by atoms with Gasteiger partial charge in [0.2, 0.25) is 0 Å². The number of allylic oxidation sites excluding steroid dienone is 1. The van der Waals surface area contributed by atoms with Gasteiger partial charge in [-0.05, 0) is 60.2 Å². The van der Waals surface area contributed by atoms with Crippen molar-refractivity contribution in [3.63, 3.8) is 0 Å². The predicted molar refractivity (Wildman–Crippen MR) is 115 cm³/mol. The van der Waals surface area contributed by atoms with Crippen LogP contribution in [-0.2, 0) is 13.0 Å². The molecule has 2 aromatic carbocycles. The van der Waals surface area contributed by atoms with Crippen LogP contribution in [-0.4, -0.2) is 22.1 Å². The molecule has 28 heavy (non-hydrogen) atoms. The van der Waals surface area contributed by atoms with Crippen LogP contribution in [0.3, 0.4) is 0 Å². The lowest BCUT2D eigenvalue weighted by atomic mass is 10.0. The van der Waals surface area contributed by atoms with Crippen molar-refractivity contribution in [3.05, 3.63) is 77.5 Å². The van der Waals surface area contributed by atoms with Gasteiger partial charge < -0.3 is 15.0 Å². The molecule has 1 aromatic heterocycles. The molecule has 0 radical (unpaired) electrons. The minimum absolute atomic E-state index is 0.0691. The zero-order valence-electron chi connectivity index (χ0n) is 16.8. The molecule has 0 saturated carbocycles. The standard InChI is InChI=1S/C24H28N2O2/c1-5-14-26-22-11-8-19(16(2)3)15-21(22)17(4)23(26)24(28)25-13-12-18-6-9-20(27)10-7-18/h5-11,15-16,27H,1,12-14H2,2-4H3,(H,25,28). The smallest absolute Gasteiger partial charge is 0.268 e. The number of rotatable bonds is 7. The summed E-state index contributed by atoms with van der Waals surface area (Å²) >= 11 is 0. The van der Waals surface area contributed by atoms with E-state index in [0.717, 1.165) is 22.0 Å². The predicted octanol–water partition coefficient (Wildman–Crippen LogP) is 4.94. The van der Waals surface area contributed by atoms with E-state index in [-0.39, 0.29) is 11.7 Å². The second-order valence-electron chi connectivity index (χ2n) is 7.48. The molecule has 1 heterocycles. The van der Waals surface area contributed by atoms with E-state index in [2.05, 4.69) is 43.9 Å². The lowest BCUT2D eigenvalue weighted by Gasteiger charge is -2.10. The molecule has 0 fully saturated rings. The van der Waals surface area contributed by atoms with E-state index in [1.807, 2.05) is 29.7 Å². The molecule has 0 spiro atoms. The molecular weight excluding hydrogens is 348 g/mol. The second kappa shape index (κ2) is 8.34. The summed E-state index contributed by atoms with van der Waals surface area (Å²) in [4.78, 5) is 13.0. The van der Waals surface area contributed by atoms with E-state index in [0.29, 0.717) is 31.1 Å². The third-order valence-electron chi connectivity index (χ3n) is 5.17. The highest BCUT2D eigenvalue weighted by atomic mass is 16.3. The van der Waals surface area contributed by atoms with Gasteiger partial charge in [-0.3, -0.25) is 4.79 Å². The Morgan fingerprint density at radius 2 is 1.93 bits per heavy atom. The van der Waals surface area contributed by atoms with Gasteiger partial charge in [0.15, 0.2) is 0 Å². The summed E-state index contributed by atoms with van der Waals surface area (Å²) in [6.45, 7) is 11.3. The summed E-state index contributed by atoms with van der Waals surface area (Å²) < 4.78 is 2.04. The van der Waals surface area contributed by atoms with E-state index in [4.69, 9.17) is 0 Å². The molecule has 146 valence electrons. The SMILES string of the molecule is C=CCn1c(C(=O)NCCc2ccc(O)cc2)c(C)c2cc(C(C)C)ccc21. The van der Waals surface area contributed by atoms with Crippen LogP contribution in [0.4, 0.5) is 0 Å². The van der Waals surface area contributed by atoms with Crippen LogP contribution in [0.1, 0.15) is 46.9 Å². The number of nitrogens with one attached hydrogen (secondary N) is 1. The number of aromatic hydroxyl groups is 1. The fraction of sp³-hybridized carbons (Fsp3) is 0.292. The maximum Gasteiger partial charge on any atom is 0.268 e. The number of phenolic OH excluding ortho intramolecular Hbond substituents is 1. The first-order chi connectivity index (χ1) is 13.4. The van der Waals surface area contributed by atoms with E-state index in [9.17, 15) is 9.90 Å². The number of carbonyl (C=O) groups is 1. The molecule has 4 nitrogen and oxygen atoms in total. The number of benzene rings is 2. The number of hydrogen-bond acceptors (Lipinski definition) is 2. The Balaban J connectivity index is 1.86. The van der Waals surface area contributed by atoms with Crippen molar-refractivity contribution in [1.82, 2.24) is 9.88 Å². The summed E-state index contributed by atoms with van der Waals surface area (Å²) in [5.74, 6) is 0.618. The topological polar surface area (TPSA) is 54.3 Å². The average Bonchev–Trinajstić information content (AvgIpc) is 2.95. The minimum Gasteiger partial charge on any atom is -0.508 e. The van der Waals surface area contributed by atoms with Crippen molar-refractivity contribution in [2.45, 2.75) is 39.7 Å². The monoisotopic (exact) mass is 376 g/mol. The van der Waals surface area contributed by atoms with Crippen molar-refractivity contribution in [3.8, 4) is 5.75 Å². The lowest BCUT2D eigenvalue weighted by molar-refractivity contribution is 0.0945. The number of fused-ring (bicyclic) bond motifs is 1. The van der Waals surface area contributed by atoms with Crippen molar-refractivity contribution in [2.75, 3.05) is 6.54 Å². The first kappa shape index (κ1) is 19.7. The lowest BCUT2D eigenvalue weighted by Crippen LogP contribution is -2.28.